The van der Waals surface area contributed by atoms with Crippen LogP contribution in [-0.4, -0.2) is 48.8 Å². The molecule has 1 rings (SSSR count). The molecule has 1 fully saturated rings. The predicted octanol–water partition coefficient (Wildman–Crippen LogP) is 0.744. The Morgan fingerprint density at radius 3 is 2.39 bits per heavy atom. The van der Waals surface area contributed by atoms with Crippen LogP contribution in [0.3, 0.4) is 0 Å². The number of nitrogens with zero attached hydrogens (tertiary/aromatic N) is 1. The summed E-state index contributed by atoms with van der Waals surface area (Å²) in [6, 6.07) is -0.227. The van der Waals surface area contributed by atoms with Crippen molar-refractivity contribution in [1.82, 2.24) is 4.90 Å². The molecule has 1 aliphatic rings. The van der Waals surface area contributed by atoms with Crippen molar-refractivity contribution in [2.24, 2.45) is 11.7 Å². The van der Waals surface area contributed by atoms with E-state index in [0.29, 0.717) is 19.5 Å². The molecule has 2 atom stereocenters. The number of carbonyl (C=O) groups excluding carboxylic acids is 2. The fourth-order valence-electron chi connectivity index (χ4n) is 1.95. The van der Waals surface area contributed by atoms with Gasteiger partial charge in [0.05, 0.1) is 13.0 Å². The van der Waals surface area contributed by atoms with E-state index in [2.05, 4.69) is 0 Å². The molecule has 0 bridgehead atoms. The van der Waals surface area contributed by atoms with Crippen LogP contribution in [0.5, 0.6) is 0 Å². The molecule has 0 aliphatic carbocycles. The summed E-state index contributed by atoms with van der Waals surface area (Å²) < 4.78 is 9.96. The Morgan fingerprint density at radius 2 is 1.89 bits per heavy atom. The maximum absolute atomic E-state index is 11.9. The Hall–Kier alpha value is -1.30. The maximum atomic E-state index is 11.9. The van der Waals surface area contributed by atoms with Crippen LogP contribution in [0.1, 0.15) is 27.2 Å². The lowest BCUT2D eigenvalue weighted by Crippen LogP contribution is -2.52. The molecule has 2 N–H and O–H groups in total. The monoisotopic (exact) mass is 258 g/mol. The zero-order valence-corrected chi connectivity index (χ0v) is 11.4. The summed E-state index contributed by atoms with van der Waals surface area (Å²) in [5.41, 5.74) is 5.30. The van der Waals surface area contributed by atoms with Crippen molar-refractivity contribution in [1.29, 1.82) is 0 Å². The molecule has 0 aromatic heterocycles. The highest BCUT2D eigenvalue weighted by molar-refractivity contribution is 5.75. The third-order valence-corrected chi connectivity index (χ3v) is 2.67. The van der Waals surface area contributed by atoms with Crippen LogP contribution in [-0.2, 0) is 14.3 Å². The van der Waals surface area contributed by atoms with Gasteiger partial charge in [0.1, 0.15) is 5.60 Å². The third kappa shape index (κ3) is 4.18. The van der Waals surface area contributed by atoms with E-state index in [1.165, 1.54) is 12.0 Å². The number of ether oxygens (including phenoxy) is 2. The van der Waals surface area contributed by atoms with Gasteiger partial charge in [0.25, 0.3) is 0 Å². The molecule has 104 valence electrons. The van der Waals surface area contributed by atoms with Gasteiger partial charge in [-0.2, -0.15) is 0 Å². The van der Waals surface area contributed by atoms with Gasteiger partial charge in [0.2, 0.25) is 0 Å². The molecule has 0 radical (unpaired) electrons. The minimum Gasteiger partial charge on any atom is -0.469 e. The summed E-state index contributed by atoms with van der Waals surface area (Å²) in [5, 5.41) is 0. The van der Waals surface area contributed by atoms with Crippen LogP contribution in [0.25, 0.3) is 0 Å². The minimum atomic E-state index is -0.556. The first-order chi connectivity index (χ1) is 8.23. The maximum Gasteiger partial charge on any atom is 0.410 e. The van der Waals surface area contributed by atoms with E-state index in [1.54, 1.807) is 20.8 Å². The van der Waals surface area contributed by atoms with Crippen LogP contribution in [0.2, 0.25) is 0 Å². The number of piperidine rings is 1. The molecule has 18 heavy (non-hydrogen) atoms. The Labute approximate surface area is 107 Å². The van der Waals surface area contributed by atoms with E-state index in [-0.39, 0.29) is 17.9 Å². The Kier molecular flexibility index (Phi) is 4.56. The zero-order valence-electron chi connectivity index (χ0n) is 11.4. The van der Waals surface area contributed by atoms with Crippen molar-refractivity contribution in [2.45, 2.75) is 38.8 Å². The smallest absolute Gasteiger partial charge is 0.410 e. The molecule has 1 saturated heterocycles. The van der Waals surface area contributed by atoms with Gasteiger partial charge in [0.15, 0.2) is 0 Å². The Balaban J connectivity index is 2.66. The molecule has 0 aromatic carbocycles. The van der Waals surface area contributed by atoms with Gasteiger partial charge in [-0.3, -0.25) is 4.79 Å². The summed E-state index contributed by atoms with van der Waals surface area (Å²) in [7, 11) is 1.33. The number of likely N-dealkylation sites (tertiary alicyclic amines) is 1. The van der Waals surface area contributed by atoms with E-state index < -0.39 is 11.7 Å². The highest BCUT2D eigenvalue weighted by atomic mass is 16.6. The number of nitrogens with two attached hydrogens (primary N) is 1. The van der Waals surface area contributed by atoms with Crippen LogP contribution >= 0.6 is 0 Å². The highest BCUT2D eigenvalue weighted by Crippen LogP contribution is 2.19. The van der Waals surface area contributed by atoms with E-state index >= 15 is 0 Å². The lowest BCUT2D eigenvalue weighted by molar-refractivity contribution is -0.147. The first-order valence-corrected chi connectivity index (χ1v) is 6.04. The van der Waals surface area contributed by atoms with Gasteiger partial charge >= 0.3 is 12.1 Å². The van der Waals surface area contributed by atoms with Gasteiger partial charge in [-0.05, 0) is 27.2 Å². The Bertz CT molecular complexity index is 325. The van der Waals surface area contributed by atoms with E-state index in [9.17, 15) is 9.59 Å². The average molecular weight is 258 g/mol. The summed E-state index contributed by atoms with van der Waals surface area (Å²) in [6.07, 6.45) is 0.0953. The number of carbonyl (C=O) groups is 2. The second kappa shape index (κ2) is 5.56. The number of hydrogen-bond acceptors (Lipinski definition) is 5. The summed E-state index contributed by atoms with van der Waals surface area (Å²) in [4.78, 5) is 24.9. The summed E-state index contributed by atoms with van der Waals surface area (Å²) in [6.45, 7) is 6.10. The fraction of sp³-hybridized carbons (Fsp3) is 0.833. The van der Waals surface area contributed by atoms with Crippen molar-refractivity contribution < 1.29 is 19.1 Å². The van der Waals surface area contributed by atoms with E-state index in [1.807, 2.05) is 0 Å². The van der Waals surface area contributed by atoms with Crippen LogP contribution in [0.4, 0.5) is 4.79 Å². The fourth-order valence-corrected chi connectivity index (χ4v) is 1.95. The van der Waals surface area contributed by atoms with Crippen LogP contribution in [0.15, 0.2) is 0 Å². The molecule has 0 saturated carbocycles. The van der Waals surface area contributed by atoms with Crippen molar-refractivity contribution in [3.63, 3.8) is 0 Å². The second-order valence-corrected chi connectivity index (χ2v) is 5.60. The minimum absolute atomic E-state index is 0.227. The number of rotatable bonds is 1. The molecule has 6 heteroatoms. The number of hydrogen-bond donors (Lipinski definition) is 1. The predicted molar refractivity (Wildman–Crippen MR) is 65.9 cm³/mol. The van der Waals surface area contributed by atoms with Gasteiger partial charge < -0.3 is 20.1 Å². The number of esters is 1. The van der Waals surface area contributed by atoms with Crippen LogP contribution in [0, 0.1) is 5.92 Å². The topological polar surface area (TPSA) is 81.9 Å². The quantitative estimate of drug-likeness (QED) is 0.702. The Morgan fingerprint density at radius 1 is 1.28 bits per heavy atom. The largest absolute Gasteiger partial charge is 0.469 e. The van der Waals surface area contributed by atoms with Gasteiger partial charge in [-0.25, -0.2) is 4.79 Å². The van der Waals surface area contributed by atoms with Crippen molar-refractivity contribution in [2.75, 3.05) is 20.2 Å². The normalized spacial score (nSPS) is 24.6. The molecule has 1 heterocycles. The van der Waals surface area contributed by atoms with Gasteiger partial charge in [-0.1, -0.05) is 0 Å². The molecule has 0 spiro atoms. The first-order valence-electron chi connectivity index (χ1n) is 6.04. The van der Waals surface area contributed by atoms with E-state index in [0.717, 1.165) is 0 Å². The molecule has 1 aliphatic heterocycles. The first kappa shape index (κ1) is 14.8. The SMILES string of the molecule is COC(=O)[C@@H]1C[C@H](N)CN(C(=O)OC(C)(C)C)C1. The number of amides is 1. The third-order valence-electron chi connectivity index (χ3n) is 2.67. The van der Waals surface area contributed by atoms with Crippen molar-refractivity contribution in [3.8, 4) is 0 Å². The van der Waals surface area contributed by atoms with Crippen LogP contribution < -0.4 is 5.73 Å². The number of methoxy groups -OCH3 is 1. The van der Waals surface area contributed by atoms with E-state index in [4.69, 9.17) is 15.2 Å². The molecular formula is C12H22N2O4. The average Bonchev–Trinajstić information content (AvgIpc) is 2.24. The summed E-state index contributed by atoms with van der Waals surface area (Å²) in [5.74, 6) is -0.704. The summed E-state index contributed by atoms with van der Waals surface area (Å²) >= 11 is 0. The second-order valence-electron chi connectivity index (χ2n) is 5.60. The highest BCUT2D eigenvalue weighted by Gasteiger charge is 2.34. The lowest BCUT2D eigenvalue weighted by Gasteiger charge is -2.35. The molecule has 0 unspecified atom stereocenters. The van der Waals surface area contributed by atoms with Gasteiger partial charge in [0, 0.05) is 19.1 Å². The molecule has 1 amide bonds. The molecule has 6 nitrogen and oxygen atoms in total. The van der Waals surface area contributed by atoms with Gasteiger partial charge in [-0.15, -0.1) is 0 Å². The molecular weight excluding hydrogens is 236 g/mol. The lowest BCUT2D eigenvalue weighted by atomic mass is 9.95. The zero-order chi connectivity index (χ0) is 13.9. The van der Waals surface area contributed by atoms with Crippen molar-refractivity contribution in [3.05, 3.63) is 0 Å². The van der Waals surface area contributed by atoms with Crippen molar-refractivity contribution >= 4 is 12.1 Å². The molecule has 0 aromatic rings. The standard InChI is InChI=1S/C12H22N2O4/c1-12(2,3)18-11(16)14-6-8(10(15)17-4)5-9(13)7-14/h8-9H,5-7,13H2,1-4H3/t8-,9+/m1/s1.